The number of amides is 2. The van der Waals surface area contributed by atoms with E-state index in [1.54, 1.807) is 0 Å². The van der Waals surface area contributed by atoms with E-state index in [9.17, 15) is 9.59 Å². The zero-order valence-corrected chi connectivity index (χ0v) is 16.1. The van der Waals surface area contributed by atoms with Crippen LogP contribution in [0.25, 0.3) is 10.8 Å². The van der Waals surface area contributed by atoms with E-state index in [4.69, 9.17) is 0 Å². The normalized spacial score (nSPS) is 13.5. The molecule has 1 N–H and O–H groups in total. The molecule has 2 amide bonds. The van der Waals surface area contributed by atoms with E-state index < -0.39 is 0 Å². The van der Waals surface area contributed by atoms with Crippen LogP contribution in [0, 0.1) is 11.8 Å². The molecule has 0 radical (unpaired) electrons. The SMILES string of the molecule is CC(C)C(NC(=O)CCCN1C(=O)c2cccc3cccc1c23)C(C)C. The Morgan fingerprint density at radius 2 is 1.69 bits per heavy atom. The van der Waals surface area contributed by atoms with Crippen molar-refractivity contribution < 1.29 is 9.59 Å². The van der Waals surface area contributed by atoms with Gasteiger partial charge in [0.05, 0.1) is 5.69 Å². The molecular formula is C22H28N2O2. The van der Waals surface area contributed by atoms with Crippen molar-refractivity contribution in [3.05, 3.63) is 42.0 Å². The fourth-order valence-corrected chi connectivity index (χ4v) is 3.96. The van der Waals surface area contributed by atoms with Crippen LogP contribution in [0.2, 0.25) is 0 Å². The number of benzene rings is 2. The number of hydrogen-bond acceptors (Lipinski definition) is 2. The van der Waals surface area contributed by atoms with Crippen LogP contribution in [-0.2, 0) is 4.79 Å². The van der Waals surface area contributed by atoms with E-state index in [0.717, 1.165) is 22.0 Å². The lowest BCUT2D eigenvalue weighted by molar-refractivity contribution is -0.122. The summed E-state index contributed by atoms with van der Waals surface area (Å²) in [5.41, 5.74) is 1.73. The van der Waals surface area contributed by atoms with Gasteiger partial charge in [0.15, 0.2) is 0 Å². The first-order chi connectivity index (χ1) is 12.4. The summed E-state index contributed by atoms with van der Waals surface area (Å²) in [5.74, 6) is 0.927. The number of anilines is 1. The standard InChI is InChI=1S/C22H28N2O2/c1-14(2)21(15(3)4)23-19(25)12-7-13-24-18-11-6-9-16-8-5-10-17(20(16)18)22(24)26/h5-6,8-11,14-15,21H,7,12-13H2,1-4H3,(H,23,25). The summed E-state index contributed by atoms with van der Waals surface area (Å²) in [4.78, 5) is 26.9. The van der Waals surface area contributed by atoms with Crippen molar-refractivity contribution in [2.24, 2.45) is 11.8 Å². The predicted octanol–water partition coefficient (Wildman–Crippen LogP) is 4.38. The van der Waals surface area contributed by atoms with Crippen molar-refractivity contribution in [1.82, 2.24) is 5.32 Å². The third kappa shape index (κ3) is 3.46. The summed E-state index contributed by atoms with van der Waals surface area (Å²) in [6.45, 7) is 9.09. The van der Waals surface area contributed by atoms with Gasteiger partial charge in [0, 0.05) is 30.0 Å². The monoisotopic (exact) mass is 352 g/mol. The van der Waals surface area contributed by atoms with Crippen molar-refractivity contribution in [2.45, 2.75) is 46.6 Å². The Bertz CT molecular complexity index is 813. The Kier molecular flexibility index (Phi) is 5.30. The first-order valence-electron chi connectivity index (χ1n) is 9.53. The van der Waals surface area contributed by atoms with Crippen LogP contribution in [0.3, 0.4) is 0 Å². The molecule has 0 spiro atoms. The van der Waals surface area contributed by atoms with Gasteiger partial charge in [0.2, 0.25) is 5.91 Å². The molecule has 0 saturated carbocycles. The van der Waals surface area contributed by atoms with Crippen LogP contribution >= 0.6 is 0 Å². The average molecular weight is 352 g/mol. The fourth-order valence-electron chi connectivity index (χ4n) is 3.96. The fraction of sp³-hybridized carbons (Fsp3) is 0.455. The summed E-state index contributed by atoms with van der Waals surface area (Å²) in [7, 11) is 0. The molecule has 2 aromatic carbocycles. The number of carbonyl (C=O) groups excluding carboxylic acids is 2. The minimum Gasteiger partial charge on any atom is -0.353 e. The molecule has 0 bridgehead atoms. The van der Waals surface area contributed by atoms with Gasteiger partial charge in [-0.1, -0.05) is 52.0 Å². The predicted molar refractivity (Wildman–Crippen MR) is 106 cm³/mol. The molecule has 0 atom stereocenters. The van der Waals surface area contributed by atoms with Gasteiger partial charge < -0.3 is 10.2 Å². The summed E-state index contributed by atoms with van der Waals surface area (Å²) < 4.78 is 0. The average Bonchev–Trinajstić information content (AvgIpc) is 2.87. The zero-order chi connectivity index (χ0) is 18.8. The molecule has 3 rings (SSSR count). The molecule has 0 aliphatic carbocycles. The number of rotatable bonds is 7. The maximum absolute atomic E-state index is 12.7. The Morgan fingerprint density at radius 1 is 1.04 bits per heavy atom. The molecular weight excluding hydrogens is 324 g/mol. The first kappa shape index (κ1) is 18.4. The van der Waals surface area contributed by atoms with Crippen LogP contribution in [0.5, 0.6) is 0 Å². The van der Waals surface area contributed by atoms with E-state index in [1.165, 1.54) is 0 Å². The minimum absolute atomic E-state index is 0.0412. The summed E-state index contributed by atoms with van der Waals surface area (Å²) >= 11 is 0. The molecule has 26 heavy (non-hydrogen) atoms. The van der Waals surface area contributed by atoms with Crippen LogP contribution in [0.1, 0.15) is 50.9 Å². The number of nitrogens with zero attached hydrogens (tertiary/aromatic N) is 1. The third-order valence-corrected chi connectivity index (χ3v) is 5.20. The van der Waals surface area contributed by atoms with E-state index in [0.29, 0.717) is 31.2 Å². The molecule has 2 aromatic rings. The smallest absolute Gasteiger partial charge is 0.258 e. The Labute approximate surface area is 155 Å². The zero-order valence-electron chi connectivity index (χ0n) is 16.1. The molecule has 0 unspecified atom stereocenters. The second-order valence-electron chi connectivity index (χ2n) is 7.82. The highest BCUT2D eigenvalue weighted by atomic mass is 16.2. The van der Waals surface area contributed by atoms with Crippen molar-refractivity contribution in [2.75, 3.05) is 11.4 Å². The van der Waals surface area contributed by atoms with E-state index in [2.05, 4.69) is 33.0 Å². The summed E-state index contributed by atoms with van der Waals surface area (Å²) in [6, 6.07) is 12.0. The van der Waals surface area contributed by atoms with Crippen molar-refractivity contribution >= 4 is 28.3 Å². The van der Waals surface area contributed by atoms with Crippen LogP contribution < -0.4 is 10.2 Å². The Morgan fingerprint density at radius 3 is 2.35 bits per heavy atom. The second-order valence-corrected chi connectivity index (χ2v) is 7.82. The first-order valence-corrected chi connectivity index (χ1v) is 9.53. The lowest BCUT2D eigenvalue weighted by Gasteiger charge is -2.26. The summed E-state index contributed by atoms with van der Waals surface area (Å²) in [5, 5.41) is 5.27. The van der Waals surface area contributed by atoms with Gasteiger partial charge in [0.1, 0.15) is 0 Å². The molecule has 1 heterocycles. The van der Waals surface area contributed by atoms with E-state index in [1.807, 2.05) is 41.3 Å². The maximum Gasteiger partial charge on any atom is 0.258 e. The molecule has 1 aliphatic heterocycles. The highest BCUT2D eigenvalue weighted by molar-refractivity contribution is 6.25. The van der Waals surface area contributed by atoms with Crippen LogP contribution in [0.4, 0.5) is 5.69 Å². The van der Waals surface area contributed by atoms with Gasteiger partial charge in [-0.25, -0.2) is 0 Å². The molecule has 4 nitrogen and oxygen atoms in total. The van der Waals surface area contributed by atoms with Gasteiger partial charge in [-0.15, -0.1) is 0 Å². The molecule has 4 heteroatoms. The van der Waals surface area contributed by atoms with Gasteiger partial charge in [-0.2, -0.15) is 0 Å². The van der Waals surface area contributed by atoms with E-state index in [-0.39, 0.29) is 17.9 Å². The second kappa shape index (κ2) is 7.48. The Balaban J connectivity index is 1.62. The Hall–Kier alpha value is -2.36. The maximum atomic E-state index is 12.7. The lowest BCUT2D eigenvalue weighted by atomic mass is 9.93. The highest BCUT2D eigenvalue weighted by Crippen LogP contribution is 2.37. The lowest BCUT2D eigenvalue weighted by Crippen LogP contribution is -2.42. The molecule has 1 aliphatic rings. The van der Waals surface area contributed by atoms with Gasteiger partial charge >= 0.3 is 0 Å². The largest absolute Gasteiger partial charge is 0.353 e. The quantitative estimate of drug-likeness (QED) is 0.804. The number of carbonyl (C=O) groups is 2. The third-order valence-electron chi connectivity index (χ3n) is 5.20. The van der Waals surface area contributed by atoms with Crippen molar-refractivity contribution in [3.63, 3.8) is 0 Å². The number of nitrogens with one attached hydrogen (secondary N) is 1. The van der Waals surface area contributed by atoms with Gasteiger partial charge in [-0.3, -0.25) is 9.59 Å². The minimum atomic E-state index is 0.0412. The number of hydrogen-bond donors (Lipinski definition) is 1. The van der Waals surface area contributed by atoms with Gasteiger partial charge in [0.25, 0.3) is 5.91 Å². The van der Waals surface area contributed by atoms with Crippen molar-refractivity contribution in [1.29, 1.82) is 0 Å². The van der Waals surface area contributed by atoms with Crippen molar-refractivity contribution in [3.8, 4) is 0 Å². The molecule has 0 aromatic heterocycles. The topological polar surface area (TPSA) is 49.4 Å². The molecule has 138 valence electrons. The van der Waals surface area contributed by atoms with Crippen LogP contribution in [0.15, 0.2) is 36.4 Å². The van der Waals surface area contributed by atoms with E-state index >= 15 is 0 Å². The molecule has 0 saturated heterocycles. The highest BCUT2D eigenvalue weighted by Gasteiger charge is 2.29. The van der Waals surface area contributed by atoms with Crippen LogP contribution in [-0.4, -0.2) is 24.4 Å². The summed E-state index contributed by atoms with van der Waals surface area (Å²) in [6.07, 6.45) is 1.09. The van der Waals surface area contributed by atoms with Gasteiger partial charge in [-0.05, 0) is 35.8 Å². The molecule has 0 fully saturated rings.